The minimum atomic E-state index is -0.278. The summed E-state index contributed by atoms with van der Waals surface area (Å²) in [7, 11) is 0. The molecule has 0 bridgehead atoms. The maximum atomic E-state index is 12.2. The van der Waals surface area contributed by atoms with Crippen molar-refractivity contribution in [1.82, 2.24) is 14.9 Å². The van der Waals surface area contributed by atoms with E-state index in [4.69, 9.17) is 4.74 Å². The minimum absolute atomic E-state index is 0.278. The molecule has 0 amide bonds. The number of thiophene rings is 1. The summed E-state index contributed by atoms with van der Waals surface area (Å²) >= 11 is 1.76. The lowest BCUT2D eigenvalue weighted by Gasteiger charge is -2.17. The third-order valence-electron chi connectivity index (χ3n) is 5.51. The highest BCUT2D eigenvalue weighted by Crippen LogP contribution is 2.33. The van der Waals surface area contributed by atoms with E-state index in [1.807, 2.05) is 36.7 Å². The molecule has 0 fully saturated rings. The number of nitrogens with one attached hydrogen (secondary N) is 2. The molecule has 0 unspecified atom stereocenters. The molecule has 3 aromatic heterocycles. The van der Waals surface area contributed by atoms with Crippen LogP contribution in [0.4, 0.5) is 5.69 Å². The topological polar surface area (TPSA) is 70.2 Å². The van der Waals surface area contributed by atoms with Crippen LogP contribution in [0.2, 0.25) is 0 Å². The molecule has 0 saturated carbocycles. The molecule has 0 aliphatic carbocycles. The highest BCUT2D eigenvalue weighted by Gasteiger charge is 2.10. The number of likely N-dealkylation sites (N-methyl/N-ethyl adjacent to an activating group) is 1. The molecular formula is C25H28N4O2S. The number of pyridine rings is 1. The molecule has 1 aromatic carbocycles. The molecule has 0 atom stereocenters. The van der Waals surface area contributed by atoms with E-state index in [1.165, 1.54) is 15.3 Å². The largest absolute Gasteiger partial charge is 0.461 e. The summed E-state index contributed by atoms with van der Waals surface area (Å²) in [6.07, 6.45) is 3.75. The van der Waals surface area contributed by atoms with Crippen LogP contribution in [-0.2, 0) is 11.3 Å². The Bertz CT molecular complexity index is 1160. The second-order valence-electron chi connectivity index (χ2n) is 7.46. The fourth-order valence-corrected chi connectivity index (χ4v) is 4.58. The van der Waals surface area contributed by atoms with E-state index in [0.29, 0.717) is 12.2 Å². The number of hydrogen-bond acceptors (Lipinski definition) is 6. The number of aromatic nitrogens is 2. The molecule has 6 nitrogen and oxygen atoms in total. The third-order valence-corrected chi connectivity index (χ3v) is 6.63. The summed E-state index contributed by atoms with van der Waals surface area (Å²) in [5, 5.41) is 4.56. The van der Waals surface area contributed by atoms with Crippen molar-refractivity contribution < 1.29 is 9.53 Å². The van der Waals surface area contributed by atoms with Gasteiger partial charge in [-0.25, -0.2) is 9.78 Å². The first kappa shape index (κ1) is 22.0. The van der Waals surface area contributed by atoms with Crippen molar-refractivity contribution in [3.63, 3.8) is 0 Å². The number of anilines is 1. The minimum Gasteiger partial charge on any atom is -0.461 e. The first-order chi connectivity index (χ1) is 15.7. The van der Waals surface area contributed by atoms with Crippen molar-refractivity contribution in [1.29, 1.82) is 0 Å². The van der Waals surface area contributed by atoms with Crippen LogP contribution in [0.5, 0.6) is 0 Å². The second-order valence-corrected chi connectivity index (χ2v) is 8.63. The van der Waals surface area contributed by atoms with Crippen LogP contribution in [-0.4, -0.2) is 47.1 Å². The summed E-state index contributed by atoms with van der Waals surface area (Å²) in [6.45, 7) is 8.02. The number of benzene rings is 1. The van der Waals surface area contributed by atoms with Gasteiger partial charge in [0.1, 0.15) is 12.3 Å². The zero-order chi connectivity index (χ0) is 22.3. The average Bonchev–Trinajstić information content (AvgIpc) is 3.50. The van der Waals surface area contributed by atoms with E-state index in [2.05, 4.69) is 58.3 Å². The normalized spacial score (nSPS) is 11.2. The first-order valence-electron chi connectivity index (χ1n) is 10.9. The quantitative estimate of drug-likeness (QED) is 0.318. The lowest BCUT2D eigenvalue weighted by atomic mass is 10.1. The van der Waals surface area contributed by atoms with Crippen molar-refractivity contribution in [2.75, 3.05) is 31.6 Å². The van der Waals surface area contributed by atoms with Crippen molar-refractivity contribution in [2.24, 2.45) is 0 Å². The second kappa shape index (κ2) is 10.4. The van der Waals surface area contributed by atoms with Gasteiger partial charge in [0.2, 0.25) is 0 Å². The summed E-state index contributed by atoms with van der Waals surface area (Å²) < 4.78 is 5.39. The van der Waals surface area contributed by atoms with Crippen LogP contribution in [0.15, 0.2) is 60.9 Å². The summed E-state index contributed by atoms with van der Waals surface area (Å²) in [4.78, 5) is 24.4. The monoisotopic (exact) mass is 448 g/mol. The Kier molecular flexibility index (Phi) is 7.19. The number of fused-ring (bicyclic) bond motifs is 1. The van der Waals surface area contributed by atoms with Gasteiger partial charge in [-0.2, -0.15) is 0 Å². The Morgan fingerprint density at radius 2 is 1.91 bits per heavy atom. The zero-order valence-electron chi connectivity index (χ0n) is 18.4. The average molecular weight is 449 g/mol. The van der Waals surface area contributed by atoms with E-state index in [0.717, 1.165) is 42.9 Å². The van der Waals surface area contributed by atoms with Crippen LogP contribution in [0.3, 0.4) is 0 Å². The number of carbonyl (C=O) groups excluding carboxylic acids is 1. The number of rotatable bonds is 10. The third kappa shape index (κ3) is 5.18. The molecule has 7 heteroatoms. The molecule has 0 aliphatic heterocycles. The SMILES string of the molecule is CCN(CC)CCOC(=O)c1ccc(NCc2ccc(-c3ccnc4[nH]ccc34)s2)cc1. The molecular weight excluding hydrogens is 420 g/mol. The van der Waals surface area contributed by atoms with Crippen LogP contribution in [0, 0.1) is 0 Å². The van der Waals surface area contributed by atoms with Gasteiger partial charge in [-0.05, 0) is 61.6 Å². The van der Waals surface area contributed by atoms with Crippen molar-refractivity contribution in [2.45, 2.75) is 20.4 Å². The predicted molar refractivity (Wildman–Crippen MR) is 131 cm³/mol. The van der Waals surface area contributed by atoms with E-state index in [1.54, 1.807) is 11.3 Å². The standard InChI is InChI=1S/C25H28N4O2S/c1-3-29(4-2)15-16-31-25(30)18-5-7-19(8-6-18)28-17-20-9-10-23(32-20)21-11-13-26-24-22(21)12-14-27-24/h5-14,28H,3-4,15-17H2,1-2H3,(H,26,27). The molecule has 2 N–H and O–H groups in total. The van der Waals surface area contributed by atoms with E-state index < -0.39 is 0 Å². The molecule has 0 radical (unpaired) electrons. The number of esters is 1. The van der Waals surface area contributed by atoms with Gasteiger partial charge in [-0.1, -0.05) is 13.8 Å². The van der Waals surface area contributed by atoms with Gasteiger partial charge in [-0.15, -0.1) is 11.3 Å². The Morgan fingerprint density at radius 3 is 2.69 bits per heavy atom. The van der Waals surface area contributed by atoms with Gasteiger partial charge in [0.05, 0.1) is 5.56 Å². The van der Waals surface area contributed by atoms with Gasteiger partial charge in [-0.3, -0.25) is 0 Å². The van der Waals surface area contributed by atoms with Crippen LogP contribution < -0.4 is 5.32 Å². The van der Waals surface area contributed by atoms with E-state index in [-0.39, 0.29) is 5.97 Å². The van der Waals surface area contributed by atoms with Crippen molar-refractivity contribution in [3.05, 3.63) is 71.4 Å². The molecule has 4 rings (SSSR count). The highest BCUT2D eigenvalue weighted by atomic mass is 32.1. The Labute approximate surface area is 192 Å². The highest BCUT2D eigenvalue weighted by molar-refractivity contribution is 7.15. The van der Waals surface area contributed by atoms with Crippen LogP contribution in [0.1, 0.15) is 29.1 Å². The van der Waals surface area contributed by atoms with Crippen molar-refractivity contribution in [3.8, 4) is 10.4 Å². The molecule has 0 spiro atoms. The molecule has 32 heavy (non-hydrogen) atoms. The summed E-state index contributed by atoms with van der Waals surface area (Å²) in [6, 6.07) is 15.9. The fraction of sp³-hybridized carbons (Fsp3) is 0.280. The Hall–Kier alpha value is -3.16. The number of aromatic amines is 1. The lowest BCUT2D eigenvalue weighted by Crippen LogP contribution is -2.27. The van der Waals surface area contributed by atoms with Crippen LogP contribution >= 0.6 is 11.3 Å². The zero-order valence-corrected chi connectivity index (χ0v) is 19.2. The van der Waals surface area contributed by atoms with Gasteiger partial charge in [0.25, 0.3) is 0 Å². The summed E-state index contributed by atoms with van der Waals surface area (Å²) in [5.41, 5.74) is 3.64. The lowest BCUT2D eigenvalue weighted by molar-refractivity contribution is 0.0466. The number of carbonyl (C=O) groups is 1. The Balaban J connectivity index is 1.31. The molecule has 0 saturated heterocycles. The van der Waals surface area contributed by atoms with Gasteiger partial charge in [0, 0.05) is 51.9 Å². The smallest absolute Gasteiger partial charge is 0.338 e. The number of H-pyrrole nitrogens is 1. The van der Waals surface area contributed by atoms with E-state index >= 15 is 0 Å². The maximum Gasteiger partial charge on any atom is 0.338 e. The number of ether oxygens (including phenoxy) is 1. The maximum absolute atomic E-state index is 12.2. The van der Waals surface area contributed by atoms with E-state index in [9.17, 15) is 4.79 Å². The Morgan fingerprint density at radius 1 is 1.09 bits per heavy atom. The number of nitrogens with zero attached hydrogens (tertiary/aromatic N) is 2. The van der Waals surface area contributed by atoms with Crippen molar-refractivity contribution >= 4 is 34.0 Å². The van der Waals surface area contributed by atoms with Crippen LogP contribution in [0.25, 0.3) is 21.5 Å². The molecule has 3 heterocycles. The fourth-order valence-electron chi connectivity index (χ4n) is 3.60. The predicted octanol–water partition coefficient (Wildman–Crippen LogP) is 5.40. The molecule has 166 valence electrons. The molecule has 4 aromatic rings. The van der Waals surface area contributed by atoms with Gasteiger partial charge >= 0.3 is 5.97 Å². The van der Waals surface area contributed by atoms with Gasteiger partial charge < -0.3 is 19.9 Å². The number of hydrogen-bond donors (Lipinski definition) is 2. The first-order valence-corrected chi connectivity index (χ1v) is 11.7. The molecule has 0 aliphatic rings. The summed E-state index contributed by atoms with van der Waals surface area (Å²) in [5.74, 6) is -0.278. The van der Waals surface area contributed by atoms with Gasteiger partial charge in [0.15, 0.2) is 0 Å².